The maximum atomic E-state index is 12.3. The van der Waals surface area contributed by atoms with Crippen molar-refractivity contribution in [2.45, 2.75) is 24.8 Å². The van der Waals surface area contributed by atoms with Gasteiger partial charge in [0.1, 0.15) is 17.6 Å². The topological polar surface area (TPSA) is 108 Å². The van der Waals surface area contributed by atoms with E-state index in [0.29, 0.717) is 25.2 Å². The van der Waals surface area contributed by atoms with E-state index in [1.165, 1.54) is 12.5 Å². The third-order valence-electron chi connectivity index (χ3n) is 3.47. The number of hydrogen-bond donors (Lipinski definition) is 1. The lowest BCUT2D eigenvalue weighted by Gasteiger charge is -2.07. The second-order valence-electron chi connectivity index (χ2n) is 5.16. The molecule has 3 heterocycles. The molecule has 0 spiro atoms. The number of aromatic nitrogens is 6. The number of aryl methyl sites for hydroxylation is 3. The minimum Gasteiger partial charge on any atom is -0.253 e. The van der Waals surface area contributed by atoms with Crippen molar-refractivity contribution in [3.8, 4) is 0 Å². The molecule has 0 aliphatic carbocycles. The molecule has 0 aliphatic rings. The molecule has 0 aliphatic heterocycles. The van der Waals surface area contributed by atoms with Crippen LogP contribution in [0.4, 0.5) is 0 Å². The number of pyridine rings is 1. The maximum absolute atomic E-state index is 12.3. The molecule has 0 radical (unpaired) electrons. The Balaban J connectivity index is 1.70. The van der Waals surface area contributed by atoms with E-state index in [1.807, 2.05) is 6.92 Å². The van der Waals surface area contributed by atoms with Gasteiger partial charge in [-0.25, -0.2) is 23.1 Å². The molecule has 1 N–H and O–H groups in total. The highest BCUT2D eigenvalue weighted by Gasteiger charge is 2.16. The molecule has 122 valence electrons. The number of fused-ring (bicyclic) bond motifs is 1. The van der Waals surface area contributed by atoms with Crippen LogP contribution in [-0.4, -0.2) is 44.5 Å². The third-order valence-corrected chi connectivity index (χ3v) is 4.90. The predicted molar refractivity (Wildman–Crippen MR) is 83.1 cm³/mol. The van der Waals surface area contributed by atoms with Crippen molar-refractivity contribution in [2.75, 3.05) is 6.54 Å². The largest absolute Gasteiger partial charge is 0.253 e. The summed E-state index contributed by atoms with van der Waals surface area (Å²) in [5.74, 6) is 0. The molecular weight excluding hydrogens is 318 g/mol. The molecule has 0 fully saturated rings. The van der Waals surface area contributed by atoms with Crippen LogP contribution in [0, 0.1) is 6.92 Å². The van der Waals surface area contributed by atoms with Gasteiger partial charge in [0, 0.05) is 31.7 Å². The van der Waals surface area contributed by atoms with Crippen LogP contribution in [0.3, 0.4) is 0 Å². The molecule has 0 atom stereocenters. The summed E-state index contributed by atoms with van der Waals surface area (Å²) in [4.78, 5) is 8.17. The highest BCUT2D eigenvalue weighted by Crippen LogP contribution is 2.19. The Hall–Kier alpha value is -2.33. The first-order chi connectivity index (χ1) is 11.0. The summed E-state index contributed by atoms with van der Waals surface area (Å²) in [7, 11) is -1.82. The monoisotopic (exact) mass is 335 g/mol. The first kappa shape index (κ1) is 15.6. The average Bonchev–Trinajstić information content (AvgIpc) is 3.13. The van der Waals surface area contributed by atoms with Crippen molar-refractivity contribution in [3.05, 3.63) is 30.6 Å². The van der Waals surface area contributed by atoms with Crippen molar-refractivity contribution in [2.24, 2.45) is 7.05 Å². The third kappa shape index (κ3) is 3.22. The molecule has 0 unspecified atom stereocenters. The second-order valence-corrected chi connectivity index (χ2v) is 6.93. The van der Waals surface area contributed by atoms with Crippen molar-refractivity contribution >= 4 is 21.1 Å². The van der Waals surface area contributed by atoms with Crippen LogP contribution < -0.4 is 4.72 Å². The van der Waals surface area contributed by atoms with E-state index in [0.717, 1.165) is 11.1 Å². The second kappa shape index (κ2) is 6.05. The van der Waals surface area contributed by atoms with E-state index < -0.39 is 10.0 Å². The highest BCUT2D eigenvalue weighted by molar-refractivity contribution is 7.89. The molecule has 0 aromatic carbocycles. The first-order valence-electron chi connectivity index (χ1n) is 7.09. The Morgan fingerprint density at radius 2 is 2.17 bits per heavy atom. The number of nitrogens with one attached hydrogen (secondary N) is 1. The van der Waals surface area contributed by atoms with Gasteiger partial charge in [0.15, 0.2) is 5.65 Å². The average molecular weight is 335 g/mol. The van der Waals surface area contributed by atoms with Crippen LogP contribution in [0.2, 0.25) is 0 Å². The molecule has 0 saturated carbocycles. The van der Waals surface area contributed by atoms with Crippen molar-refractivity contribution in [3.63, 3.8) is 0 Å². The maximum Gasteiger partial charge on any atom is 0.242 e. The summed E-state index contributed by atoms with van der Waals surface area (Å²) in [5, 5.41) is 8.94. The smallest absolute Gasteiger partial charge is 0.242 e. The lowest BCUT2D eigenvalue weighted by Crippen LogP contribution is -2.25. The molecule has 10 heteroatoms. The van der Waals surface area contributed by atoms with E-state index in [1.54, 1.807) is 28.8 Å². The molecule has 9 nitrogen and oxygen atoms in total. The normalized spacial score (nSPS) is 12.1. The molecule has 0 amide bonds. The summed E-state index contributed by atoms with van der Waals surface area (Å²) < 4.78 is 30.5. The van der Waals surface area contributed by atoms with Crippen LogP contribution in [-0.2, 0) is 23.6 Å². The summed E-state index contributed by atoms with van der Waals surface area (Å²) in [6.45, 7) is 2.74. The number of hydrogen-bond acceptors (Lipinski definition) is 6. The lowest BCUT2D eigenvalue weighted by molar-refractivity contribution is 0.552. The Morgan fingerprint density at radius 1 is 1.35 bits per heavy atom. The fourth-order valence-electron chi connectivity index (χ4n) is 2.31. The molecule has 3 rings (SSSR count). The molecule has 0 bridgehead atoms. The highest BCUT2D eigenvalue weighted by atomic mass is 32.2. The Kier molecular flexibility index (Phi) is 4.09. The zero-order chi connectivity index (χ0) is 16.4. The fraction of sp³-hybridized carbons (Fsp3) is 0.385. The number of rotatable bonds is 6. The van der Waals surface area contributed by atoms with Crippen LogP contribution in [0.15, 0.2) is 29.8 Å². The summed E-state index contributed by atoms with van der Waals surface area (Å²) in [6.07, 6.45) is 5.01. The van der Waals surface area contributed by atoms with Crippen LogP contribution in [0.5, 0.6) is 0 Å². The van der Waals surface area contributed by atoms with Gasteiger partial charge in [-0.3, -0.25) is 9.36 Å². The lowest BCUT2D eigenvalue weighted by atomic mass is 10.3. The van der Waals surface area contributed by atoms with Crippen LogP contribution in [0.25, 0.3) is 11.0 Å². The van der Waals surface area contributed by atoms with E-state index in [9.17, 15) is 8.42 Å². The zero-order valence-electron chi connectivity index (χ0n) is 12.8. The quantitative estimate of drug-likeness (QED) is 0.646. The summed E-state index contributed by atoms with van der Waals surface area (Å²) in [5.41, 5.74) is 1.41. The molecular formula is C13H17N7O2S. The molecule has 3 aromatic heterocycles. The zero-order valence-corrected chi connectivity index (χ0v) is 13.7. The molecule has 0 saturated heterocycles. The van der Waals surface area contributed by atoms with E-state index in [2.05, 4.69) is 24.9 Å². The molecule has 23 heavy (non-hydrogen) atoms. The Bertz CT molecular complexity index is 915. The van der Waals surface area contributed by atoms with Gasteiger partial charge in [-0.2, -0.15) is 10.2 Å². The van der Waals surface area contributed by atoms with Gasteiger partial charge in [-0.1, -0.05) is 0 Å². The molecule has 3 aromatic rings. The van der Waals surface area contributed by atoms with Crippen molar-refractivity contribution in [1.82, 2.24) is 34.3 Å². The van der Waals surface area contributed by atoms with Gasteiger partial charge in [0.05, 0.1) is 5.69 Å². The van der Waals surface area contributed by atoms with Gasteiger partial charge in [-0.05, 0) is 19.4 Å². The van der Waals surface area contributed by atoms with Crippen LogP contribution >= 0.6 is 0 Å². The standard InChI is InChI=1S/C13H17N7O2S/c1-10-12-6-11(7-15-13(12)19(2)18-10)23(21,22)17-4-3-5-20-9-14-8-16-20/h6-9,17H,3-5H2,1-2H3. The van der Waals surface area contributed by atoms with E-state index in [4.69, 9.17) is 0 Å². The fourth-order valence-corrected chi connectivity index (χ4v) is 3.36. The van der Waals surface area contributed by atoms with Gasteiger partial charge in [0.25, 0.3) is 0 Å². The summed E-state index contributed by atoms with van der Waals surface area (Å²) >= 11 is 0. The van der Waals surface area contributed by atoms with Gasteiger partial charge in [-0.15, -0.1) is 0 Å². The number of nitrogens with zero attached hydrogens (tertiary/aromatic N) is 6. The first-order valence-corrected chi connectivity index (χ1v) is 8.57. The minimum absolute atomic E-state index is 0.141. The van der Waals surface area contributed by atoms with E-state index >= 15 is 0 Å². The SMILES string of the molecule is Cc1nn(C)c2ncc(S(=O)(=O)NCCCn3cncn3)cc12. The Morgan fingerprint density at radius 3 is 2.91 bits per heavy atom. The minimum atomic E-state index is -3.60. The van der Waals surface area contributed by atoms with Crippen LogP contribution in [0.1, 0.15) is 12.1 Å². The predicted octanol–water partition coefficient (Wildman–Crippen LogP) is 0.237. The van der Waals surface area contributed by atoms with E-state index in [-0.39, 0.29) is 4.90 Å². The van der Waals surface area contributed by atoms with Crippen molar-refractivity contribution in [1.29, 1.82) is 0 Å². The summed E-state index contributed by atoms with van der Waals surface area (Å²) in [6, 6.07) is 1.60. The number of sulfonamides is 1. The van der Waals surface area contributed by atoms with Gasteiger partial charge in [0.2, 0.25) is 10.0 Å². The van der Waals surface area contributed by atoms with Gasteiger partial charge < -0.3 is 0 Å². The van der Waals surface area contributed by atoms with Crippen molar-refractivity contribution < 1.29 is 8.42 Å². The Labute approximate surface area is 133 Å². The van der Waals surface area contributed by atoms with Gasteiger partial charge >= 0.3 is 0 Å².